The van der Waals surface area contributed by atoms with Crippen molar-refractivity contribution in [2.75, 3.05) is 0 Å². The molecular formula is C17H23ClN2O2. The van der Waals surface area contributed by atoms with Crippen LogP contribution >= 0.6 is 11.6 Å². The van der Waals surface area contributed by atoms with E-state index >= 15 is 0 Å². The molecule has 5 heteroatoms. The third kappa shape index (κ3) is 6.76. The van der Waals surface area contributed by atoms with Gasteiger partial charge >= 0.3 is 0 Å². The van der Waals surface area contributed by atoms with Crippen LogP contribution in [0.1, 0.15) is 48.9 Å². The van der Waals surface area contributed by atoms with Crippen LogP contribution in [0.2, 0.25) is 5.02 Å². The van der Waals surface area contributed by atoms with Gasteiger partial charge in [-0.2, -0.15) is 0 Å². The molecule has 0 bridgehead atoms. The number of nitrogens with one attached hydrogen (secondary N) is 1. The molecule has 0 aliphatic heterocycles. The molecule has 0 unspecified atom stereocenters. The Bertz CT molecular complexity index is 500. The average molecular weight is 323 g/mol. The minimum atomic E-state index is -0.636. The van der Waals surface area contributed by atoms with E-state index in [1.807, 2.05) is 6.08 Å². The van der Waals surface area contributed by atoms with Crippen molar-refractivity contribution in [3.05, 3.63) is 47.5 Å². The molecule has 1 aromatic carbocycles. The van der Waals surface area contributed by atoms with E-state index in [-0.39, 0.29) is 5.91 Å². The Morgan fingerprint density at radius 2 is 1.82 bits per heavy atom. The van der Waals surface area contributed by atoms with Crippen LogP contribution in [-0.2, 0) is 4.79 Å². The second-order valence-electron chi connectivity index (χ2n) is 5.22. The molecule has 2 amide bonds. The second-order valence-corrected chi connectivity index (χ2v) is 5.65. The SMILES string of the molecule is C=CCCCCCC[C@@H](NC(=O)c1ccc(Cl)cc1)C(N)=O. The van der Waals surface area contributed by atoms with Crippen molar-refractivity contribution < 1.29 is 9.59 Å². The molecule has 120 valence electrons. The van der Waals surface area contributed by atoms with Crippen molar-refractivity contribution in [1.29, 1.82) is 0 Å². The fraction of sp³-hybridized carbons (Fsp3) is 0.412. The maximum absolute atomic E-state index is 12.1. The summed E-state index contributed by atoms with van der Waals surface area (Å²) in [7, 11) is 0. The third-order valence-electron chi connectivity index (χ3n) is 3.41. The van der Waals surface area contributed by atoms with Crippen molar-refractivity contribution in [2.24, 2.45) is 5.73 Å². The average Bonchev–Trinajstić information content (AvgIpc) is 2.49. The molecule has 4 nitrogen and oxygen atoms in total. The first-order valence-corrected chi connectivity index (χ1v) is 7.89. The number of unbranched alkanes of at least 4 members (excludes halogenated alkanes) is 4. The normalized spacial score (nSPS) is 11.7. The maximum Gasteiger partial charge on any atom is 0.251 e. The van der Waals surface area contributed by atoms with Gasteiger partial charge in [-0.25, -0.2) is 0 Å². The molecule has 0 spiro atoms. The molecule has 22 heavy (non-hydrogen) atoms. The Hall–Kier alpha value is -1.81. The van der Waals surface area contributed by atoms with Crippen LogP contribution in [0.15, 0.2) is 36.9 Å². The first-order chi connectivity index (χ1) is 10.5. The molecule has 0 aliphatic carbocycles. The predicted octanol–water partition coefficient (Wildman–Crippen LogP) is 3.45. The maximum atomic E-state index is 12.1. The lowest BCUT2D eigenvalue weighted by atomic mass is 10.1. The van der Waals surface area contributed by atoms with Gasteiger partial charge in [-0.3, -0.25) is 9.59 Å². The summed E-state index contributed by atoms with van der Waals surface area (Å²) in [5, 5.41) is 3.24. The molecule has 0 aromatic heterocycles. The number of rotatable bonds is 10. The summed E-state index contributed by atoms with van der Waals surface area (Å²) < 4.78 is 0. The number of primary amides is 1. The summed E-state index contributed by atoms with van der Waals surface area (Å²) in [6.45, 7) is 3.68. The monoisotopic (exact) mass is 322 g/mol. The number of carbonyl (C=O) groups excluding carboxylic acids is 2. The minimum absolute atomic E-state index is 0.313. The van der Waals surface area contributed by atoms with E-state index in [9.17, 15) is 9.59 Å². The van der Waals surface area contributed by atoms with E-state index in [1.54, 1.807) is 24.3 Å². The molecule has 0 saturated heterocycles. The number of carbonyl (C=O) groups is 2. The first-order valence-electron chi connectivity index (χ1n) is 7.51. The van der Waals surface area contributed by atoms with Gasteiger partial charge in [-0.1, -0.05) is 36.9 Å². The lowest BCUT2D eigenvalue weighted by Gasteiger charge is -2.15. The number of amides is 2. The van der Waals surface area contributed by atoms with Crippen LogP contribution in [0.25, 0.3) is 0 Å². The van der Waals surface area contributed by atoms with E-state index in [1.165, 1.54) is 0 Å². The van der Waals surface area contributed by atoms with E-state index < -0.39 is 11.9 Å². The number of nitrogens with two attached hydrogens (primary N) is 1. The number of halogens is 1. The van der Waals surface area contributed by atoms with Gasteiger partial charge in [-0.15, -0.1) is 6.58 Å². The molecule has 0 fully saturated rings. The van der Waals surface area contributed by atoms with Crippen LogP contribution in [0.3, 0.4) is 0 Å². The highest BCUT2D eigenvalue weighted by Crippen LogP contribution is 2.11. The number of benzene rings is 1. The standard InChI is InChI=1S/C17H23ClN2O2/c1-2-3-4-5-6-7-8-15(16(19)21)20-17(22)13-9-11-14(18)12-10-13/h2,9-12,15H,1,3-8H2,(H2,19,21)(H,20,22)/t15-/m1/s1. The molecule has 1 atom stereocenters. The van der Waals surface area contributed by atoms with Crippen LogP contribution < -0.4 is 11.1 Å². The number of allylic oxidation sites excluding steroid dienone is 1. The minimum Gasteiger partial charge on any atom is -0.368 e. The fourth-order valence-electron chi connectivity index (χ4n) is 2.12. The Labute approximate surface area is 136 Å². The second kappa shape index (κ2) is 10.0. The molecule has 1 rings (SSSR count). The van der Waals surface area contributed by atoms with Crippen molar-refractivity contribution in [3.63, 3.8) is 0 Å². The molecule has 1 aromatic rings. The quantitative estimate of drug-likeness (QED) is 0.511. The molecule has 0 aliphatic rings. The Kier molecular flexibility index (Phi) is 8.30. The van der Waals surface area contributed by atoms with Gasteiger partial charge in [0, 0.05) is 10.6 Å². The smallest absolute Gasteiger partial charge is 0.251 e. The molecule has 0 heterocycles. The largest absolute Gasteiger partial charge is 0.368 e. The van der Waals surface area contributed by atoms with Crippen molar-refractivity contribution >= 4 is 23.4 Å². The summed E-state index contributed by atoms with van der Waals surface area (Å²) >= 11 is 5.78. The third-order valence-corrected chi connectivity index (χ3v) is 3.66. The van der Waals surface area contributed by atoms with E-state index in [0.717, 1.165) is 32.1 Å². The van der Waals surface area contributed by atoms with Crippen LogP contribution in [0, 0.1) is 0 Å². The summed E-state index contributed by atoms with van der Waals surface area (Å²) in [6, 6.07) is 5.86. The molecule has 0 saturated carbocycles. The van der Waals surface area contributed by atoms with Gasteiger partial charge in [0.15, 0.2) is 0 Å². The lowest BCUT2D eigenvalue weighted by Crippen LogP contribution is -2.44. The Morgan fingerprint density at radius 3 is 2.41 bits per heavy atom. The van der Waals surface area contributed by atoms with E-state index in [4.69, 9.17) is 17.3 Å². The number of hydrogen-bond acceptors (Lipinski definition) is 2. The van der Waals surface area contributed by atoms with E-state index in [0.29, 0.717) is 17.0 Å². The van der Waals surface area contributed by atoms with Crippen LogP contribution in [-0.4, -0.2) is 17.9 Å². The zero-order valence-corrected chi connectivity index (χ0v) is 13.4. The Balaban J connectivity index is 2.43. The Morgan fingerprint density at radius 1 is 1.18 bits per heavy atom. The highest BCUT2D eigenvalue weighted by Gasteiger charge is 2.18. The predicted molar refractivity (Wildman–Crippen MR) is 89.8 cm³/mol. The topological polar surface area (TPSA) is 72.2 Å². The van der Waals surface area contributed by atoms with Crippen molar-refractivity contribution in [3.8, 4) is 0 Å². The highest BCUT2D eigenvalue weighted by molar-refractivity contribution is 6.30. The van der Waals surface area contributed by atoms with E-state index in [2.05, 4.69) is 11.9 Å². The number of hydrogen-bond donors (Lipinski definition) is 2. The van der Waals surface area contributed by atoms with Gasteiger partial charge in [0.25, 0.3) is 5.91 Å². The van der Waals surface area contributed by atoms with Crippen molar-refractivity contribution in [1.82, 2.24) is 5.32 Å². The lowest BCUT2D eigenvalue weighted by molar-refractivity contribution is -0.120. The van der Waals surface area contributed by atoms with Gasteiger partial charge in [0.2, 0.25) is 5.91 Å². The van der Waals surface area contributed by atoms with Gasteiger partial charge < -0.3 is 11.1 Å². The molecule has 3 N–H and O–H groups in total. The highest BCUT2D eigenvalue weighted by atomic mass is 35.5. The zero-order valence-electron chi connectivity index (χ0n) is 12.7. The van der Waals surface area contributed by atoms with Gasteiger partial charge in [0.1, 0.15) is 6.04 Å². The molecule has 0 radical (unpaired) electrons. The fourth-order valence-corrected chi connectivity index (χ4v) is 2.25. The summed E-state index contributed by atoms with van der Waals surface area (Å²) in [5.74, 6) is -0.819. The summed E-state index contributed by atoms with van der Waals surface area (Å²) in [6.07, 6.45) is 7.51. The van der Waals surface area contributed by atoms with Gasteiger partial charge in [-0.05, 0) is 43.5 Å². The summed E-state index contributed by atoms with van der Waals surface area (Å²) in [5.41, 5.74) is 5.82. The van der Waals surface area contributed by atoms with Crippen molar-refractivity contribution in [2.45, 2.75) is 44.6 Å². The molecular weight excluding hydrogens is 300 g/mol. The van der Waals surface area contributed by atoms with Crippen LogP contribution in [0.5, 0.6) is 0 Å². The summed E-state index contributed by atoms with van der Waals surface area (Å²) in [4.78, 5) is 23.5. The zero-order chi connectivity index (χ0) is 16.4. The first kappa shape index (κ1) is 18.2. The van der Waals surface area contributed by atoms with Crippen LogP contribution in [0.4, 0.5) is 0 Å². The van der Waals surface area contributed by atoms with Gasteiger partial charge in [0.05, 0.1) is 0 Å².